The maximum Gasteiger partial charge on any atom is 0.317 e. The zero-order valence-corrected chi connectivity index (χ0v) is 18.0. The van der Waals surface area contributed by atoms with E-state index in [-0.39, 0.29) is 28.9 Å². The van der Waals surface area contributed by atoms with Gasteiger partial charge in [-0.25, -0.2) is 0 Å². The molecule has 2 aliphatic carbocycles. The van der Waals surface area contributed by atoms with Gasteiger partial charge in [0.15, 0.2) is 23.4 Å². The number of carbonyl (C=O) groups is 5. The molecule has 172 valence electrons. The van der Waals surface area contributed by atoms with Gasteiger partial charge in [-0.2, -0.15) is 0 Å². The first kappa shape index (κ1) is 22.4. The number of methoxy groups -OCH3 is 2. The number of allylic oxidation sites excluding steroid dienone is 2. The molecule has 0 saturated heterocycles. The van der Waals surface area contributed by atoms with Crippen molar-refractivity contribution in [3.63, 3.8) is 0 Å². The third kappa shape index (κ3) is 2.80. The van der Waals surface area contributed by atoms with E-state index < -0.39 is 70.2 Å². The van der Waals surface area contributed by atoms with Crippen molar-refractivity contribution in [2.24, 2.45) is 5.41 Å². The standard InChI is InChI=1S/C23H20O10/c1-4-11(24)14-17(27)20(32-3)23(22(29)30)8-10-15(25)9-6-5-7-12(31-2)13(9)16(26)19(10)33-21(23)18(14)28/h5-7,20-21,27H,4,8H2,1-3H3,(H,29,30)/t20-,21+,23+/m1/s1. The van der Waals surface area contributed by atoms with E-state index in [4.69, 9.17) is 14.2 Å². The molecule has 2 N–H and O–H groups in total. The highest BCUT2D eigenvalue weighted by Crippen LogP contribution is 2.52. The maximum absolute atomic E-state index is 13.3. The molecule has 1 heterocycles. The number of hydrogen-bond donors (Lipinski definition) is 2. The molecular weight excluding hydrogens is 436 g/mol. The van der Waals surface area contributed by atoms with Crippen LogP contribution in [0.2, 0.25) is 0 Å². The van der Waals surface area contributed by atoms with E-state index in [1.807, 2.05) is 0 Å². The summed E-state index contributed by atoms with van der Waals surface area (Å²) in [6.45, 7) is 1.46. The highest BCUT2D eigenvalue weighted by atomic mass is 16.5. The Kier molecular flexibility index (Phi) is 5.20. The Hall–Kier alpha value is -3.79. The molecule has 0 fully saturated rings. The number of carboxylic acid groups (broad SMARTS) is 1. The lowest BCUT2D eigenvalue weighted by molar-refractivity contribution is -0.181. The van der Waals surface area contributed by atoms with E-state index in [9.17, 15) is 34.2 Å². The fourth-order valence-corrected chi connectivity index (χ4v) is 4.76. The Morgan fingerprint density at radius 2 is 1.88 bits per heavy atom. The van der Waals surface area contributed by atoms with E-state index in [2.05, 4.69) is 0 Å². The minimum atomic E-state index is -2.28. The van der Waals surface area contributed by atoms with Crippen molar-refractivity contribution in [3.05, 3.63) is 52.0 Å². The van der Waals surface area contributed by atoms with Crippen molar-refractivity contribution in [1.82, 2.24) is 0 Å². The first-order chi connectivity index (χ1) is 15.6. The van der Waals surface area contributed by atoms with Crippen LogP contribution in [0.1, 0.15) is 40.5 Å². The Morgan fingerprint density at radius 1 is 1.18 bits per heavy atom. The van der Waals surface area contributed by atoms with Crippen molar-refractivity contribution in [2.45, 2.75) is 32.0 Å². The van der Waals surface area contributed by atoms with Gasteiger partial charge in [-0.3, -0.25) is 24.0 Å². The smallest absolute Gasteiger partial charge is 0.317 e. The van der Waals surface area contributed by atoms with E-state index in [1.165, 1.54) is 32.2 Å². The first-order valence-electron chi connectivity index (χ1n) is 10.1. The number of ketones is 4. The van der Waals surface area contributed by atoms with E-state index >= 15 is 0 Å². The van der Waals surface area contributed by atoms with Crippen LogP contribution in [0.3, 0.4) is 0 Å². The Bertz CT molecular complexity index is 1200. The molecule has 0 spiro atoms. The molecular formula is C23H20O10. The number of carboxylic acids is 1. The summed E-state index contributed by atoms with van der Waals surface area (Å²) < 4.78 is 16.1. The fourth-order valence-electron chi connectivity index (χ4n) is 4.76. The van der Waals surface area contributed by atoms with Gasteiger partial charge >= 0.3 is 5.97 Å². The molecule has 0 unspecified atom stereocenters. The number of fused-ring (bicyclic) bond motifs is 2. The van der Waals surface area contributed by atoms with Crippen LogP contribution < -0.4 is 4.74 Å². The van der Waals surface area contributed by atoms with E-state index in [0.29, 0.717) is 0 Å². The molecule has 10 heteroatoms. The van der Waals surface area contributed by atoms with E-state index in [0.717, 1.165) is 7.11 Å². The zero-order valence-electron chi connectivity index (χ0n) is 18.0. The molecule has 1 aromatic carbocycles. The number of aliphatic carboxylic acids is 1. The van der Waals surface area contributed by atoms with Crippen LogP contribution >= 0.6 is 0 Å². The van der Waals surface area contributed by atoms with Crippen LogP contribution in [0.5, 0.6) is 5.75 Å². The Balaban J connectivity index is 1.95. The topological polar surface area (TPSA) is 153 Å². The molecule has 0 radical (unpaired) electrons. The summed E-state index contributed by atoms with van der Waals surface area (Å²) >= 11 is 0. The first-order valence-corrected chi connectivity index (χ1v) is 10.1. The molecule has 1 aliphatic heterocycles. The Labute approximate surface area is 187 Å². The molecule has 10 nitrogen and oxygen atoms in total. The summed E-state index contributed by atoms with van der Waals surface area (Å²) in [5, 5.41) is 20.9. The van der Waals surface area contributed by atoms with Gasteiger partial charge in [0.05, 0.1) is 12.7 Å². The second-order valence-corrected chi connectivity index (χ2v) is 7.89. The van der Waals surface area contributed by atoms with Crippen LogP contribution in [0.15, 0.2) is 40.9 Å². The molecule has 0 bridgehead atoms. The Morgan fingerprint density at radius 3 is 2.45 bits per heavy atom. The van der Waals surface area contributed by atoms with Crippen molar-refractivity contribution in [3.8, 4) is 5.75 Å². The quantitative estimate of drug-likeness (QED) is 0.624. The number of carbonyl (C=O) groups excluding carboxylic acids is 4. The highest BCUT2D eigenvalue weighted by Gasteiger charge is 2.66. The molecule has 0 amide bonds. The summed E-state index contributed by atoms with van der Waals surface area (Å²) in [5.41, 5.74) is -3.24. The second kappa shape index (κ2) is 7.66. The molecule has 1 aromatic rings. The monoisotopic (exact) mass is 456 g/mol. The van der Waals surface area contributed by atoms with Gasteiger partial charge in [0, 0.05) is 31.1 Å². The number of benzene rings is 1. The number of rotatable bonds is 5. The number of Topliss-reactive ketones (excluding diaryl/α,β-unsaturated/α-hetero) is 4. The van der Waals surface area contributed by atoms with Crippen LogP contribution in [0.4, 0.5) is 0 Å². The lowest BCUT2D eigenvalue weighted by Crippen LogP contribution is -2.63. The highest BCUT2D eigenvalue weighted by molar-refractivity contribution is 6.29. The summed E-state index contributed by atoms with van der Waals surface area (Å²) in [4.78, 5) is 64.8. The van der Waals surface area contributed by atoms with Crippen LogP contribution in [0.25, 0.3) is 0 Å². The number of hydrogen-bond acceptors (Lipinski definition) is 9. The average Bonchev–Trinajstić information content (AvgIpc) is 2.81. The number of aliphatic hydroxyl groups is 1. The minimum absolute atomic E-state index is 0.00148. The molecule has 0 saturated carbocycles. The fraction of sp³-hybridized carbons (Fsp3) is 0.348. The summed E-state index contributed by atoms with van der Waals surface area (Å²) in [6.07, 6.45) is -4.34. The second-order valence-electron chi connectivity index (χ2n) is 7.89. The van der Waals surface area contributed by atoms with Crippen molar-refractivity contribution < 1.29 is 48.4 Å². The molecule has 0 aromatic heterocycles. The molecule has 3 atom stereocenters. The predicted octanol–water partition coefficient (Wildman–Crippen LogP) is 1.58. The van der Waals surface area contributed by atoms with Crippen LogP contribution in [0, 0.1) is 5.41 Å². The largest absolute Gasteiger partial charge is 0.509 e. The van der Waals surface area contributed by atoms with Crippen molar-refractivity contribution >= 4 is 29.1 Å². The van der Waals surface area contributed by atoms with Gasteiger partial charge in [-0.1, -0.05) is 19.1 Å². The molecule has 33 heavy (non-hydrogen) atoms. The zero-order chi connectivity index (χ0) is 24.2. The molecule has 3 aliphatic rings. The van der Waals surface area contributed by atoms with Gasteiger partial charge in [-0.05, 0) is 6.07 Å². The summed E-state index contributed by atoms with van der Waals surface area (Å²) in [6, 6.07) is 4.38. The van der Waals surface area contributed by atoms with Gasteiger partial charge < -0.3 is 24.4 Å². The van der Waals surface area contributed by atoms with Gasteiger partial charge in [0.2, 0.25) is 11.6 Å². The molecule has 4 rings (SSSR count). The number of ether oxygens (including phenoxy) is 3. The van der Waals surface area contributed by atoms with Crippen molar-refractivity contribution in [2.75, 3.05) is 14.2 Å². The van der Waals surface area contributed by atoms with Gasteiger partial charge in [-0.15, -0.1) is 0 Å². The summed E-state index contributed by atoms with van der Waals surface area (Å²) in [7, 11) is 2.42. The lowest BCUT2D eigenvalue weighted by Gasteiger charge is -2.47. The van der Waals surface area contributed by atoms with Crippen molar-refractivity contribution in [1.29, 1.82) is 0 Å². The lowest BCUT2D eigenvalue weighted by atomic mass is 9.62. The third-order valence-corrected chi connectivity index (χ3v) is 6.34. The number of aliphatic hydroxyl groups excluding tert-OH is 1. The average molecular weight is 456 g/mol. The van der Waals surface area contributed by atoms with Crippen LogP contribution in [-0.2, 0) is 23.9 Å². The normalized spacial score (nSPS) is 26.3. The van der Waals surface area contributed by atoms with Gasteiger partial charge in [0.1, 0.15) is 28.6 Å². The van der Waals surface area contributed by atoms with Crippen LogP contribution in [-0.4, -0.2) is 65.7 Å². The summed E-state index contributed by atoms with van der Waals surface area (Å²) in [5.74, 6) is -6.04. The minimum Gasteiger partial charge on any atom is -0.509 e. The SMILES string of the molecule is CCC(=O)C1=C(O)[C@@H](OC)[C@@]2(C(=O)O)CC3=C(O[C@H]2C1=O)C(=O)c1c(OC)cccc1C3=O. The van der Waals surface area contributed by atoms with E-state index in [1.54, 1.807) is 0 Å². The predicted molar refractivity (Wildman–Crippen MR) is 109 cm³/mol. The maximum atomic E-state index is 13.3. The third-order valence-electron chi connectivity index (χ3n) is 6.34. The van der Waals surface area contributed by atoms with Gasteiger partial charge in [0.25, 0.3) is 0 Å².